The van der Waals surface area contributed by atoms with Crippen molar-refractivity contribution in [2.24, 2.45) is 0 Å². The van der Waals surface area contributed by atoms with Gasteiger partial charge in [-0.1, -0.05) is 35.4 Å². The lowest BCUT2D eigenvalue weighted by Gasteiger charge is -2.06. The van der Waals surface area contributed by atoms with Gasteiger partial charge in [-0.25, -0.2) is 9.78 Å². The number of carboxylic acids is 1. The number of fused-ring (bicyclic) bond motifs is 1. The zero-order valence-corrected chi connectivity index (χ0v) is 12.5. The van der Waals surface area contributed by atoms with Crippen LogP contribution in [0.1, 0.15) is 21.9 Å². The first kappa shape index (κ1) is 14.4. The van der Waals surface area contributed by atoms with E-state index in [1.807, 2.05) is 31.2 Å². The summed E-state index contributed by atoms with van der Waals surface area (Å²) in [6, 6.07) is 12.6. The first-order valence-electron chi connectivity index (χ1n) is 6.65. The number of rotatable bonds is 4. The molecule has 0 saturated carbocycles. The molecule has 2 heterocycles. The zero-order chi connectivity index (χ0) is 15.7. The molecule has 0 fully saturated rings. The highest BCUT2D eigenvalue weighted by Crippen LogP contribution is 2.21. The Hall–Kier alpha value is -2.53. The van der Waals surface area contributed by atoms with Gasteiger partial charge in [-0.15, -0.1) is 0 Å². The molecule has 0 atom stereocenters. The van der Waals surface area contributed by atoms with Crippen molar-refractivity contribution in [2.45, 2.75) is 13.5 Å². The number of nitrogens with zero attached hydrogens (tertiary/aromatic N) is 2. The summed E-state index contributed by atoms with van der Waals surface area (Å²) in [4.78, 5) is 15.4. The Bertz CT molecular complexity index is 840. The summed E-state index contributed by atoms with van der Waals surface area (Å²) in [7, 11) is 0. The summed E-state index contributed by atoms with van der Waals surface area (Å²) in [5.41, 5.74) is 1.54. The maximum Gasteiger partial charge on any atom is 0.356 e. The Kier molecular flexibility index (Phi) is 3.73. The third kappa shape index (κ3) is 2.63. The molecule has 0 unspecified atom stereocenters. The van der Waals surface area contributed by atoms with E-state index in [0.717, 1.165) is 5.56 Å². The van der Waals surface area contributed by atoms with E-state index in [0.29, 0.717) is 22.2 Å². The number of imidazole rings is 1. The lowest BCUT2D eigenvalue weighted by Crippen LogP contribution is -2.02. The number of carbonyl (C=O) groups is 1. The third-order valence-corrected chi connectivity index (χ3v) is 3.57. The van der Waals surface area contributed by atoms with Crippen LogP contribution in [0, 0.1) is 6.92 Å². The number of pyridine rings is 1. The maximum absolute atomic E-state index is 11.3. The molecule has 112 valence electrons. The minimum atomic E-state index is -1.10. The quantitative estimate of drug-likeness (QED) is 0.747. The van der Waals surface area contributed by atoms with Crippen molar-refractivity contribution in [3.8, 4) is 5.75 Å². The fourth-order valence-electron chi connectivity index (χ4n) is 2.20. The maximum atomic E-state index is 11.3. The number of aromatic carboxylic acids is 1. The number of halogens is 1. The van der Waals surface area contributed by atoms with Crippen LogP contribution in [0.2, 0.25) is 5.15 Å². The number of aryl methyl sites for hydroxylation is 1. The smallest absolute Gasteiger partial charge is 0.356 e. The molecule has 6 heteroatoms. The second-order valence-corrected chi connectivity index (χ2v) is 5.24. The monoisotopic (exact) mass is 316 g/mol. The van der Waals surface area contributed by atoms with Gasteiger partial charge in [-0.3, -0.25) is 4.40 Å². The largest absolute Gasteiger partial charge is 0.486 e. The van der Waals surface area contributed by atoms with Crippen molar-refractivity contribution in [1.29, 1.82) is 0 Å². The van der Waals surface area contributed by atoms with E-state index in [9.17, 15) is 9.90 Å². The first-order valence-corrected chi connectivity index (χ1v) is 7.02. The van der Waals surface area contributed by atoms with Crippen molar-refractivity contribution in [3.63, 3.8) is 0 Å². The zero-order valence-electron chi connectivity index (χ0n) is 11.8. The van der Waals surface area contributed by atoms with Crippen molar-refractivity contribution in [2.75, 3.05) is 0 Å². The topological polar surface area (TPSA) is 63.8 Å². The third-order valence-electron chi connectivity index (χ3n) is 3.28. The number of aromatic nitrogens is 2. The van der Waals surface area contributed by atoms with E-state index >= 15 is 0 Å². The molecular weight excluding hydrogens is 304 g/mol. The average molecular weight is 317 g/mol. The summed E-state index contributed by atoms with van der Waals surface area (Å²) >= 11 is 6.16. The summed E-state index contributed by atoms with van der Waals surface area (Å²) < 4.78 is 7.25. The fourth-order valence-corrected chi connectivity index (χ4v) is 2.46. The van der Waals surface area contributed by atoms with Crippen LogP contribution in [0.3, 0.4) is 0 Å². The molecule has 5 nitrogen and oxygen atoms in total. The molecule has 1 aromatic carbocycles. The van der Waals surface area contributed by atoms with Crippen LogP contribution in [0.25, 0.3) is 5.52 Å². The lowest BCUT2D eigenvalue weighted by molar-refractivity contribution is 0.0693. The molecular formula is C16H13ClN2O3. The van der Waals surface area contributed by atoms with Gasteiger partial charge in [-0.2, -0.15) is 0 Å². The standard InChI is InChI=1S/C16H13ClN2O3/c1-10-5-7-11(8-6-10)22-9-14-18-15(16(20)21)12-3-2-4-13(17)19(12)14/h2-8H,9H2,1H3,(H,20,21). The number of carboxylic acid groups (broad SMARTS) is 1. The summed E-state index contributed by atoms with van der Waals surface area (Å²) in [5, 5.41) is 9.63. The Labute approximate surface area is 131 Å². The second-order valence-electron chi connectivity index (χ2n) is 4.85. The molecule has 3 rings (SSSR count). The van der Waals surface area contributed by atoms with Gasteiger partial charge in [0.05, 0.1) is 5.52 Å². The van der Waals surface area contributed by atoms with Gasteiger partial charge in [-0.05, 0) is 31.2 Å². The molecule has 0 bridgehead atoms. The SMILES string of the molecule is Cc1ccc(OCc2nc(C(=O)O)c3cccc(Cl)n23)cc1. The van der Waals surface area contributed by atoms with Gasteiger partial charge in [0, 0.05) is 0 Å². The highest BCUT2D eigenvalue weighted by Gasteiger charge is 2.18. The number of benzene rings is 1. The summed E-state index contributed by atoms with van der Waals surface area (Å²) in [6.07, 6.45) is 0. The van der Waals surface area contributed by atoms with Crippen molar-refractivity contribution >= 4 is 23.1 Å². The van der Waals surface area contributed by atoms with Crippen LogP contribution in [0.15, 0.2) is 42.5 Å². The van der Waals surface area contributed by atoms with Crippen LogP contribution in [-0.4, -0.2) is 20.5 Å². The van der Waals surface area contributed by atoms with E-state index in [4.69, 9.17) is 16.3 Å². The highest BCUT2D eigenvalue weighted by molar-refractivity contribution is 6.29. The van der Waals surface area contributed by atoms with Crippen molar-refractivity contribution < 1.29 is 14.6 Å². The van der Waals surface area contributed by atoms with Gasteiger partial charge in [0.25, 0.3) is 0 Å². The molecule has 0 amide bonds. The normalized spacial score (nSPS) is 10.8. The minimum absolute atomic E-state index is 0.0370. The van der Waals surface area contributed by atoms with Crippen LogP contribution in [-0.2, 0) is 6.61 Å². The first-order chi connectivity index (χ1) is 10.6. The Morgan fingerprint density at radius 3 is 2.68 bits per heavy atom. The predicted molar refractivity (Wildman–Crippen MR) is 82.7 cm³/mol. The number of hydrogen-bond acceptors (Lipinski definition) is 3. The van der Waals surface area contributed by atoms with Crippen LogP contribution in [0.5, 0.6) is 5.75 Å². The molecule has 0 radical (unpaired) electrons. The molecule has 2 aromatic heterocycles. The Balaban J connectivity index is 1.96. The Morgan fingerprint density at radius 2 is 2.00 bits per heavy atom. The van der Waals surface area contributed by atoms with E-state index in [1.165, 1.54) is 0 Å². The van der Waals surface area contributed by atoms with Crippen LogP contribution in [0.4, 0.5) is 0 Å². The average Bonchev–Trinajstić information content (AvgIpc) is 2.87. The molecule has 0 aliphatic heterocycles. The fraction of sp³-hybridized carbons (Fsp3) is 0.125. The molecule has 0 saturated heterocycles. The molecule has 0 aliphatic carbocycles. The van der Waals surface area contributed by atoms with Gasteiger partial charge in [0.15, 0.2) is 11.5 Å². The molecule has 3 aromatic rings. The van der Waals surface area contributed by atoms with Gasteiger partial charge < -0.3 is 9.84 Å². The second kappa shape index (κ2) is 5.69. The Morgan fingerprint density at radius 1 is 1.27 bits per heavy atom. The lowest BCUT2D eigenvalue weighted by atomic mass is 10.2. The number of ether oxygens (including phenoxy) is 1. The van der Waals surface area contributed by atoms with E-state index in [-0.39, 0.29) is 12.3 Å². The van der Waals surface area contributed by atoms with Gasteiger partial charge >= 0.3 is 5.97 Å². The van der Waals surface area contributed by atoms with E-state index in [2.05, 4.69) is 4.98 Å². The van der Waals surface area contributed by atoms with Gasteiger partial charge in [0.1, 0.15) is 17.5 Å². The van der Waals surface area contributed by atoms with Crippen molar-refractivity contribution in [3.05, 3.63) is 64.7 Å². The summed E-state index contributed by atoms with van der Waals surface area (Å²) in [5.74, 6) is 0.0335. The highest BCUT2D eigenvalue weighted by atomic mass is 35.5. The van der Waals surface area contributed by atoms with Crippen LogP contribution < -0.4 is 4.74 Å². The van der Waals surface area contributed by atoms with E-state index < -0.39 is 5.97 Å². The molecule has 1 N–H and O–H groups in total. The van der Waals surface area contributed by atoms with Crippen LogP contribution >= 0.6 is 11.6 Å². The number of hydrogen-bond donors (Lipinski definition) is 1. The molecule has 22 heavy (non-hydrogen) atoms. The van der Waals surface area contributed by atoms with Gasteiger partial charge in [0.2, 0.25) is 0 Å². The molecule has 0 aliphatic rings. The molecule has 0 spiro atoms. The predicted octanol–water partition coefficient (Wildman–Crippen LogP) is 3.57. The summed E-state index contributed by atoms with van der Waals surface area (Å²) in [6.45, 7) is 2.12. The van der Waals surface area contributed by atoms with E-state index in [1.54, 1.807) is 22.6 Å². The minimum Gasteiger partial charge on any atom is -0.486 e. The van der Waals surface area contributed by atoms with Crippen molar-refractivity contribution in [1.82, 2.24) is 9.38 Å².